The number of rotatable bonds is 3. The molecule has 2 heterocycles. The molecule has 0 fully saturated rings. The van der Waals surface area contributed by atoms with E-state index in [1.165, 1.54) is 16.8 Å². The molecule has 4 rings (SSSR count). The molecular formula is C20H14ClN3O4. The summed E-state index contributed by atoms with van der Waals surface area (Å²) in [5.41, 5.74) is 0.785. The van der Waals surface area contributed by atoms with E-state index in [0.29, 0.717) is 10.7 Å². The first-order valence-electron chi connectivity index (χ1n) is 8.48. The van der Waals surface area contributed by atoms with Gasteiger partial charge in [0.15, 0.2) is 0 Å². The summed E-state index contributed by atoms with van der Waals surface area (Å²) in [4.78, 5) is 49.8. The largest absolute Gasteiger partial charge is 0.348 e. The number of para-hydroxylation sites is 1. The summed E-state index contributed by atoms with van der Waals surface area (Å²) in [5, 5.41) is 6.05. The van der Waals surface area contributed by atoms with Gasteiger partial charge >= 0.3 is 0 Å². The molecule has 140 valence electrons. The minimum atomic E-state index is -0.604. The number of hydrogen-bond acceptors (Lipinski definition) is 4. The van der Waals surface area contributed by atoms with E-state index in [1.54, 1.807) is 36.4 Å². The summed E-state index contributed by atoms with van der Waals surface area (Å²) in [6.45, 7) is 0.196. The van der Waals surface area contributed by atoms with Gasteiger partial charge < -0.3 is 10.6 Å². The highest BCUT2D eigenvalue weighted by Crippen LogP contribution is 2.25. The first kappa shape index (κ1) is 17.9. The number of aromatic nitrogens is 1. The summed E-state index contributed by atoms with van der Waals surface area (Å²) in [6.07, 6.45) is 0.826. The summed E-state index contributed by atoms with van der Waals surface area (Å²) < 4.78 is 1.20. The topological polar surface area (TPSA) is 97.3 Å². The zero-order valence-electron chi connectivity index (χ0n) is 14.5. The van der Waals surface area contributed by atoms with Gasteiger partial charge in [-0.2, -0.15) is 0 Å². The van der Waals surface area contributed by atoms with Crippen LogP contribution in [0.5, 0.6) is 0 Å². The molecule has 0 aliphatic carbocycles. The van der Waals surface area contributed by atoms with Crippen LogP contribution in [-0.4, -0.2) is 22.3 Å². The lowest BCUT2D eigenvalue weighted by Crippen LogP contribution is -2.30. The molecule has 1 aliphatic heterocycles. The van der Waals surface area contributed by atoms with E-state index < -0.39 is 23.2 Å². The molecule has 2 aromatic carbocycles. The predicted octanol–water partition coefficient (Wildman–Crippen LogP) is 2.57. The van der Waals surface area contributed by atoms with Crippen molar-refractivity contribution in [3.63, 3.8) is 0 Å². The molecule has 0 spiro atoms. The number of pyridine rings is 1. The molecular weight excluding hydrogens is 382 g/mol. The van der Waals surface area contributed by atoms with Crippen molar-refractivity contribution in [3.05, 3.63) is 75.0 Å². The Hall–Kier alpha value is -3.45. The Balaban J connectivity index is 1.75. The molecule has 1 aromatic heterocycles. The van der Waals surface area contributed by atoms with E-state index in [0.717, 1.165) is 5.56 Å². The number of halogens is 1. The molecule has 0 atom stereocenters. The monoisotopic (exact) mass is 395 g/mol. The predicted molar refractivity (Wildman–Crippen MR) is 105 cm³/mol. The molecule has 3 aromatic rings. The molecule has 8 heteroatoms. The average Bonchev–Trinajstić information content (AvgIpc) is 2.79. The second-order valence-corrected chi connectivity index (χ2v) is 6.81. The maximum atomic E-state index is 12.9. The lowest BCUT2D eigenvalue weighted by molar-refractivity contribution is -0.115. The molecule has 7 nitrogen and oxygen atoms in total. The van der Waals surface area contributed by atoms with Gasteiger partial charge in [0.1, 0.15) is 12.0 Å². The van der Waals surface area contributed by atoms with Crippen LogP contribution in [0, 0.1) is 0 Å². The third kappa shape index (κ3) is 3.16. The van der Waals surface area contributed by atoms with E-state index in [1.807, 2.05) is 0 Å². The highest BCUT2D eigenvalue weighted by atomic mass is 35.5. The zero-order valence-corrected chi connectivity index (χ0v) is 15.2. The molecule has 1 aliphatic rings. The van der Waals surface area contributed by atoms with Crippen molar-refractivity contribution < 1.29 is 14.4 Å². The third-order valence-electron chi connectivity index (χ3n) is 4.49. The minimum Gasteiger partial charge on any atom is -0.348 e. The molecule has 0 saturated carbocycles. The molecule has 2 amide bonds. The van der Waals surface area contributed by atoms with Gasteiger partial charge in [-0.1, -0.05) is 29.8 Å². The Morgan fingerprint density at radius 2 is 1.86 bits per heavy atom. The Morgan fingerprint density at radius 1 is 1.11 bits per heavy atom. The molecule has 28 heavy (non-hydrogen) atoms. The lowest BCUT2D eigenvalue weighted by Gasteiger charge is -2.12. The van der Waals surface area contributed by atoms with Gasteiger partial charge in [0.2, 0.25) is 17.2 Å². The Bertz CT molecular complexity index is 1200. The van der Waals surface area contributed by atoms with Crippen LogP contribution in [0.15, 0.2) is 53.5 Å². The number of nitrogens with zero attached hydrogens (tertiary/aromatic N) is 1. The summed E-state index contributed by atoms with van der Waals surface area (Å²) in [5.74, 6) is -1.59. The fraction of sp³-hybridized carbons (Fsp3) is 0.100. The van der Waals surface area contributed by atoms with Crippen molar-refractivity contribution >= 4 is 45.9 Å². The van der Waals surface area contributed by atoms with Crippen molar-refractivity contribution in [1.82, 2.24) is 9.88 Å². The summed E-state index contributed by atoms with van der Waals surface area (Å²) >= 11 is 5.84. The fourth-order valence-corrected chi connectivity index (χ4v) is 3.27. The first-order valence-corrected chi connectivity index (χ1v) is 8.86. The van der Waals surface area contributed by atoms with Gasteiger partial charge in [-0.05, 0) is 29.8 Å². The van der Waals surface area contributed by atoms with Crippen molar-refractivity contribution in [2.45, 2.75) is 13.0 Å². The highest BCUT2D eigenvalue weighted by molar-refractivity contribution is 6.30. The molecule has 0 bridgehead atoms. The highest BCUT2D eigenvalue weighted by Gasteiger charge is 2.24. The molecule has 0 unspecified atom stereocenters. The van der Waals surface area contributed by atoms with Crippen LogP contribution in [0.4, 0.5) is 5.69 Å². The van der Waals surface area contributed by atoms with Gasteiger partial charge in [-0.25, -0.2) is 0 Å². The molecule has 2 N–H and O–H groups in total. The molecule has 0 saturated heterocycles. The van der Waals surface area contributed by atoms with Gasteiger partial charge in [-0.15, -0.1) is 0 Å². The maximum absolute atomic E-state index is 12.9. The van der Waals surface area contributed by atoms with E-state index >= 15 is 0 Å². The summed E-state index contributed by atoms with van der Waals surface area (Å²) in [7, 11) is 0. The number of hydrogen-bond donors (Lipinski definition) is 2. The van der Waals surface area contributed by atoms with Gasteiger partial charge in [0.05, 0.1) is 11.2 Å². The van der Waals surface area contributed by atoms with E-state index in [2.05, 4.69) is 10.6 Å². The lowest BCUT2D eigenvalue weighted by atomic mass is 10.1. The maximum Gasteiger partial charge on any atom is 0.257 e. The average molecular weight is 396 g/mol. The quantitative estimate of drug-likeness (QED) is 0.666. The van der Waals surface area contributed by atoms with Crippen LogP contribution < -0.4 is 16.1 Å². The molecule has 0 radical (unpaired) electrons. The van der Waals surface area contributed by atoms with Gasteiger partial charge in [0, 0.05) is 23.2 Å². The second-order valence-electron chi connectivity index (χ2n) is 6.37. The number of anilines is 1. The van der Waals surface area contributed by atoms with Crippen LogP contribution >= 0.6 is 11.6 Å². The van der Waals surface area contributed by atoms with Crippen LogP contribution in [0.2, 0.25) is 5.02 Å². The third-order valence-corrected chi connectivity index (χ3v) is 4.74. The fourth-order valence-electron chi connectivity index (χ4n) is 3.14. The zero-order chi connectivity index (χ0) is 19.8. The van der Waals surface area contributed by atoms with Crippen LogP contribution in [0.3, 0.4) is 0 Å². The minimum absolute atomic E-state index is 0.165. The summed E-state index contributed by atoms with van der Waals surface area (Å²) in [6, 6.07) is 11.6. The smallest absolute Gasteiger partial charge is 0.257 e. The Morgan fingerprint density at radius 3 is 2.61 bits per heavy atom. The van der Waals surface area contributed by atoms with E-state index in [9.17, 15) is 19.2 Å². The number of amides is 2. The second kappa shape index (κ2) is 6.94. The van der Waals surface area contributed by atoms with E-state index in [4.69, 9.17) is 11.6 Å². The van der Waals surface area contributed by atoms with Gasteiger partial charge in [0.25, 0.3) is 5.91 Å². The van der Waals surface area contributed by atoms with Gasteiger partial charge in [-0.3, -0.25) is 23.7 Å². The van der Waals surface area contributed by atoms with Crippen LogP contribution in [0.1, 0.15) is 27.1 Å². The van der Waals surface area contributed by atoms with Crippen molar-refractivity contribution in [1.29, 1.82) is 0 Å². The number of nitrogens with one attached hydrogen (secondary N) is 2. The Kier molecular flexibility index (Phi) is 4.44. The number of carbonyl (C=O) groups is 3. The van der Waals surface area contributed by atoms with Crippen molar-refractivity contribution in [3.8, 4) is 0 Å². The number of carbonyl (C=O) groups excluding carboxylic acids is 3. The Labute approximate surface area is 163 Å². The van der Waals surface area contributed by atoms with Crippen molar-refractivity contribution in [2.24, 2.45) is 0 Å². The van der Waals surface area contributed by atoms with E-state index in [-0.39, 0.29) is 29.4 Å². The number of benzene rings is 2. The van der Waals surface area contributed by atoms with Crippen molar-refractivity contribution in [2.75, 3.05) is 5.32 Å². The van der Waals surface area contributed by atoms with Crippen LogP contribution in [0.25, 0.3) is 10.9 Å². The standard InChI is InChI=1S/C20H14ClN3O4/c21-12-6-4-11(5-7-12)9-22-20(28)14-10-24-17(26)8-16(25)23-15-3-1-2-13(18(15)24)19(14)27/h1-7,10H,8-9H2,(H,22,28)(H,23,25). The van der Waals surface area contributed by atoms with Crippen LogP contribution in [-0.2, 0) is 11.3 Å². The SMILES string of the molecule is O=C1CC(=O)n2cc(C(=O)NCc3ccc(Cl)cc3)c(=O)c3cccc(c32)N1. The normalized spacial score (nSPS) is 13.2. The first-order chi connectivity index (χ1) is 13.4.